The van der Waals surface area contributed by atoms with Crippen LogP contribution < -0.4 is 15.9 Å². The van der Waals surface area contributed by atoms with Crippen LogP contribution in [0.4, 0.5) is 4.79 Å². The fraction of sp³-hybridized carbons (Fsp3) is 0.625. The van der Waals surface area contributed by atoms with Crippen LogP contribution in [-0.2, 0) is 37.8 Å². The zero-order chi connectivity index (χ0) is 23.7. The van der Waals surface area contributed by atoms with Gasteiger partial charge >= 0.3 is 27.4 Å². The predicted molar refractivity (Wildman–Crippen MR) is 108 cm³/mol. The average molecular weight is 454 g/mol. The molecule has 2 rings (SSSR count). The van der Waals surface area contributed by atoms with Gasteiger partial charge in [0.2, 0.25) is 11.7 Å². The number of hydrogen-bond acceptors (Lipinski definition) is 11. The Morgan fingerprint density at radius 1 is 1.25 bits per heavy atom. The number of ether oxygens (including phenoxy) is 4. The van der Waals surface area contributed by atoms with Crippen LogP contribution in [0.5, 0.6) is 0 Å². The summed E-state index contributed by atoms with van der Waals surface area (Å²) in [5.74, 6) is -1.41. The van der Waals surface area contributed by atoms with E-state index in [1.54, 1.807) is 0 Å². The topological polar surface area (TPSA) is 175 Å². The molecule has 2 unspecified atom stereocenters. The van der Waals surface area contributed by atoms with Crippen LogP contribution in [0.1, 0.15) is 6.92 Å². The van der Waals surface area contributed by atoms with E-state index in [1.165, 1.54) is 34.8 Å². The van der Waals surface area contributed by atoms with Gasteiger partial charge in [-0.1, -0.05) is 0 Å². The Hall–Kier alpha value is -2.97. The molecule has 0 aromatic heterocycles. The lowest BCUT2D eigenvalue weighted by atomic mass is 9.92. The fourth-order valence-electron chi connectivity index (χ4n) is 2.98. The van der Waals surface area contributed by atoms with Gasteiger partial charge in [-0.3, -0.25) is 9.70 Å². The van der Waals surface area contributed by atoms with E-state index in [0.717, 1.165) is 14.7 Å². The van der Waals surface area contributed by atoms with Gasteiger partial charge in [0, 0.05) is 21.1 Å². The Bertz CT molecular complexity index is 752. The molecule has 0 saturated carbocycles. The smallest absolute Gasteiger partial charge is 0.478 e. The first kappa shape index (κ1) is 25.3. The summed E-state index contributed by atoms with van der Waals surface area (Å²) in [4.78, 5) is 39.4. The standard InChI is InChI=1S/C16H24B2N4O10/c1-7(23)19-11-8(20-15(21-17-28-3)22-18-29-4)5-9(14(25)27-2)31-13(11)12(24)10-6-30-16(26)32-10/h5,8,10-13,24H,6H2,1-4H3,(H,19,23)(H2,20,21,22)/t8?,10?,11-,12-,13-/m1/s1. The van der Waals surface area contributed by atoms with Crippen molar-refractivity contribution in [2.24, 2.45) is 4.90 Å². The van der Waals surface area contributed by atoms with E-state index < -0.39 is 48.4 Å². The van der Waals surface area contributed by atoms with Gasteiger partial charge in [0.15, 0.2) is 18.2 Å². The fourth-order valence-corrected chi connectivity index (χ4v) is 2.98. The summed E-state index contributed by atoms with van der Waals surface area (Å²) >= 11 is 0. The second kappa shape index (κ2) is 12.2. The van der Waals surface area contributed by atoms with Gasteiger partial charge in [0.05, 0.1) is 19.2 Å². The lowest BCUT2D eigenvalue weighted by Gasteiger charge is -2.40. The normalized spacial score (nSPS) is 25.8. The molecule has 32 heavy (non-hydrogen) atoms. The summed E-state index contributed by atoms with van der Waals surface area (Å²) < 4.78 is 29.7. The molecule has 4 N–H and O–H groups in total. The van der Waals surface area contributed by atoms with Gasteiger partial charge in [-0.2, -0.15) is 0 Å². The lowest BCUT2D eigenvalue weighted by Crippen LogP contribution is -2.64. The van der Waals surface area contributed by atoms with E-state index in [9.17, 15) is 19.5 Å². The summed E-state index contributed by atoms with van der Waals surface area (Å²) in [6.07, 6.45) is -3.40. The van der Waals surface area contributed by atoms with Crippen LogP contribution >= 0.6 is 0 Å². The summed E-state index contributed by atoms with van der Waals surface area (Å²) in [7, 11) is 6.30. The third-order valence-electron chi connectivity index (χ3n) is 4.33. The van der Waals surface area contributed by atoms with Crippen LogP contribution in [0, 0.1) is 0 Å². The molecule has 5 atom stereocenters. The number of aliphatic hydroxyl groups is 1. The molecule has 2 heterocycles. The maximum atomic E-state index is 12.2. The van der Waals surface area contributed by atoms with Gasteiger partial charge < -0.3 is 49.2 Å². The Morgan fingerprint density at radius 2 is 2.00 bits per heavy atom. The number of nitrogens with one attached hydrogen (secondary N) is 3. The third kappa shape index (κ3) is 6.77. The number of rotatable bonds is 9. The van der Waals surface area contributed by atoms with E-state index in [2.05, 4.69) is 20.8 Å². The minimum absolute atomic E-state index is 0.111. The van der Waals surface area contributed by atoms with Crippen molar-refractivity contribution < 1.29 is 47.7 Å². The first-order valence-electron chi connectivity index (χ1n) is 9.35. The van der Waals surface area contributed by atoms with E-state index in [0.29, 0.717) is 0 Å². The molecular weight excluding hydrogens is 430 g/mol. The quantitative estimate of drug-likeness (QED) is 0.121. The summed E-state index contributed by atoms with van der Waals surface area (Å²) in [6, 6.07) is -1.81. The Labute approximate surface area is 185 Å². The average Bonchev–Trinajstić information content (AvgIpc) is 3.21. The molecule has 1 amide bonds. The van der Waals surface area contributed by atoms with Gasteiger partial charge in [-0.15, -0.1) is 0 Å². The molecule has 1 saturated heterocycles. The molecule has 0 aromatic carbocycles. The van der Waals surface area contributed by atoms with Crippen molar-refractivity contribution in [1.82, 2.24) is 15.9 Å². The van der Waals surface area contributed by atoms with Crippen molar-refractivity contribution in [2.75, 3.05) is 27.9 Å². The minimum Gasteiger partial charge on any atom is -0.478 e. The molecule has 16 heteroatoms. The highest BCUT2D eigenvalue weighted by molar-refractivity contribution is 6.34. The van der Waals surface area contributed by atoms with Crippen molar-refractivity contribution in [3.63, 3.8) is 0 Å². The molecule has 2 aliphatic heterocycles. The molecule has 0 bridgehead atoms. The molecule has 1 fully saturated rings. The number of carbonyl (C=O) groups excluding carboxylic acids is 3. The number of hydrogen-bond donors (Lipinski definition) is 4. The van der Waals surface area contributed by atoms with E-state index in [4.69, 9.17) is 28.3 Å². The van der Waals surface area contributed by atoms with Gasteiger partial charge in [-0.05, 0) is 6.08 Å². The first-order chi connectivity index (χ1) is 15.3. The Kier molecular flexibility index (Phi) is 9.61. The molecule has 0 spiro atoms. The molecule has 14 nitrogen and oxygen atoms in total. The first-order valence-corrected chi connectivity index (χ1v) is 9.35. The number of nitrogens with zero attached hydrogens (tertiary/aromatic N) is 1. The van der Waals surface area contributed by atoms with Gasteiger partial charge in [0.25, 0.3) is 0 Å². The Morgan fingerprint density at radius 3 is 2.56 bits per heavy atom. The highest BCUT2D eigenvalue weighted by Gasteiger charge is 2.47. The van der Waals surface area contributed by atoms with Crippen LogP contribution in [0.2, 0.25) is 0 Å². The van der Waals surface area contributed by atoms with Gasteiger partial charge in [-0.25, -0.2) is 9.59 Å². The molecule has 2 aliphatic rings. The maximum absolute atomic E-state index is 12.2. The lowest BCUT2D eigenvalue weighted by molar-refractivity contribution is -0.147. The van der Waals surface area contributed by atoms with Crippen LogP contribution in [0.15, 0.2) is 16.7 Å². The number of cyclic esters (lactones) is 2. The van der Waals surface area contributed by atoms with Crippen LogP contribution in [0.25, 0.3) is 0 Å². The summed E-state index contributed by atoms with van der Waals surface area (Å²) in [6.45, 7) is 1.03. The van der Waals surface area contributed by atoms with E-state index >= 15 is 0 Å². The number of carbonyl (C=O) groups is 3. The second-order valence-corrected chi connectivity index (χ2v) is 6.53. The van der Waals surface area contributed by atoms with Crippen LogP contribution in [0.3, 0.4) is 0 Å². The zero-order valence-corrected chi connectivity index (χ0v) is 17.9. The zero-order valence-electron chi connectivity index (χ0n) is 17.9. The van der Waals surface area contributed by atoms with Crippen molar-refractivity contribution in [2.45, 2.75) is 37.3 Å². The molecule has 174 valence electrons. The highest BCUT2D eigenvalue weighted by atomic mass is 16.8. The molecule has 0 aliphatic carbocycles. The molecule has 0 aromatic rings. The number of esters is 1. The monoisotopic (exact) mass is 454 g/mol. The second-order valence-electron chi connectivity index (χ2n) is 6.53. The highest BCUT2D eigenvalue weighted by Crippen LogP contribution is 2.26. The van der Waals surface area contributed by atoms with Crippen molar-refractivity contribution in [3.05, 3.63) is 11.8 Å². The predicted octanol–water partition coefficient (Wildman–Crippen LogP) is -2.89. The third-order valence-corrected chi connectivity index (χ3v) is 4.33. The van der Waals surface area contributed by atoms with Crippen molar-refractivity contribution in [1.29, 1.82) is 0 Å². The number of methoxy groups -OCH3 is 1. The molecular formula is C16H24B2N4O10. The largest absolute Gasteiger partial charge is 0.508 e. The number of guanidine groups is 1. The van der Waals surface area contributed by atoms with Gasteiger partial charge in [0.1, 0.15) is 12.7 Å². The van der Waals surface area contributed by atoms with E-state index in [1.807, 2.05) is 0 Å². The summed E-state index contributed by atoms with van der Waals surface area (Å²) in [5.41, 5.74) is 0. The molecule has 2 radical (unpaired) electrons. The van der Waals surface area contributed by atoms with Crippen LogP contribution in [-0.4, -0.2) is 103 Å². The maximum Gasteiger partial charge on any atom is 0.508 e. The van der Waals surface area contributed by atoms with E-state index in [-0.39, 0.29) is 18.3 Å². The number of amides is 1. The Balaban J connectivity index is 2.39. The number of aliphatic hydroxyl groups excluding tert-OH is 1. The van der Waals surface area contributed by atoms with Crippen molar-refractivity contribution >= 4 is 39.2 Å². The summed E-state index contributed by atoms with van der Waals surface area (Å²) in [5, 5.41) is 19.2. The van der Waals surface area contributed by atoms with Crippen molar-refractivity contribution in [3.8, 4) is 0 Å². The minimum atomic E-state index is -1.47. The SMILES string of the molecule is CO[B]N=C(N[B]OC)NC1C=C(C(=O)OC)O[C@@H]([C@H](O)C2COC(=O)O2)[C@@H]1NC(C)=O.